The average Bonchev–Trinajstić information content (AvgIpc) is 3.40. The molecule has 0 aliphatic heterocycles. The second kappa shape index (κ2) is 6.77. The van der Waals surface area contributed by atoms with Gasteiger partial charge in [-0.25, -0.2) is 9.36 Å². The second-order valence-electron chi connectivity index (χ2n) is 7.41. The fourth-order valence-corrected chi connectivity index (χ4v) is 4.09. The molecule has 0 N–H and O–H groups in total. The maximum Gasteiger partial charge on any atom is 0.123 e. The highest BCUT2D eigenvalue weighted by Gasteiger charge is 2.20. The van der Waals surface area contributed by atoms with Crippen molar-refractivity contribution in [2.24, 2.45) is 0 Å². The summed E-state index contributed by atoms with van der Waals surface area (Å²) in [6.07, 6.45) is 0. The monoisotopic (exact) mass is 390 g/mol. The molecule has 30 heavy (non-hydrogen) atoms. The summed E-state index contributed by atoms with van der Waals surface area (Å²) in [5, 5.41) is 20.3. The maximum absolute atomic E-state index is 4.56. The van der Waals surface area contributed by atoms with Crippen LogP contribution in [-0.4, -0.2) is 30.0 Å². The number of fused-ring (bicyclic) bond motifs is 6. The molecule has 4 aromatic carbocycles. The molecule has 0 unspecified atom stereocenters. The van der Waals surface area contributed by atoms with E-state index in [4.69, 9.17) is 0 Å². The van der Waals surface area contributed by atoms with E-state index in [1.54, 1.807) is 0 Å². The Hall–Kier alpha value is -4.06. The minimum atomic E-state index is 0.640. The summed E-state index contributed by atoms with van der Waals surface area (Å²) < 4.78 is 3.93. The van der Waals surface area contributed by atoms with E-state index >= 15 is 0 Å². The minimum absolute atomic E-state index is 0.640. The molecule has 0 aliphatic carbocycles. The van der Waals surface area contributed by atoms with Gasteiger partial charge in [-0.2, -0.15) is 0 Å². The van der Waals surface area contributed by atoms with E-state index in [1.807, 2.05) is 57.9 Å². The van der Waals surface area contributed by atoms with Gasteiger partial charge < -0.3 is 0 Å². The smallest absolute Gasteiger partial charge is 0.123 e. The van der Waals surface area contributed by atoms with Crippen LogP contribution in [0.25, 0.3) is 32.8 Å². The van der Waals surface area contributed by atoms with Crippen LogP contribution in [0.1, 0.15) is 11.1 Å². The molecule has 144 valence electrons. The highest BCUT2D eigenvalue weighted by atomic mass is 15.5. The zero-order chi connectivity index (χ0) is 19.9. The number of nitrogens with zero attached hydrogens (tertiary/aromatic N) is 6. The predicted molar refractivity (Wildman–Crippen MR) is 117 cm³/mol. The van der Waals surface area contributed by atoms with E-state index in [1.165, 1.54) is 11.1 Å². The quantitative estimate of drug-likeness (QED) is 0.447. The molecule has 0 fully saturated rings. The minimum Gasteiger partial charge on any atom is -0.238 e. The lowest BCUT2D eigenvalue weighted by Gasteiger charge is -2.08. The lowest BCUT2D eigenvalue weighted by Crippen LogP contribution is -2.06. The van der Waals surface area contributed by atoms with Crippen molar-refractivity contribution >= 4 is 32.8 Å². The van der Waals surface area contributed by atoms with Crippen molar-refractivity contribution in [2.45, 2.75) is 13.1 Å². The highest BCUT2D eigenvalue weighted by molar-refractivity contribution is 6.20. The molecular formula is C24H18N6. The first kappa shape index (κ1) is 16.9. The average molecular weight is 390 g/mol. The van der Waals surface area contributed by atoms with E-state index in [9.17, 15) is 0 Å². The largest absolute Gasteiger partial charge is 0.238 e. The van der Waals surface area contributed by atoms with Gasteiger partial charge in [0.25, 0.3) is 0 Å². The molecule has 6 heteroatoms. The summed E-state index contributed by atoms with van der Waals surface area (Å²) in [6, 6.07) is 28.8. The van der Waals surface area contributed by atoms with E-state index in [-0.39, 0.29) is 0 Å². The van der Waals surface area contributed by atoms with Crippen LogP contribution >= 0.6 is 0 Å². The molecular weight excluding hydrogens is 372 g/mol. The number of rotatable bonds is 4. The predicted octanol–water partition coefficient (Wildman–Crippen LogP) is 4.43. The number of aromatic nitrogens is 6. The van der Waals surface area contributed by atoms with E-state index < -0.39 is 0 Å². The van der Waals surface area contributed by atoms with Crippen molar-refractivity contribution < 1.29 is 0 Å². The van der Waals surface area contributed by atoms with Crippen LogP contribution in [0.3, 0.4) is 0 Å². The molecule has 6 nitrogen and oxygen atoms in total. The van der Waals surface area contributed by atoms with Crippen LogP contribution in [0.2, 0.25) is 0 Å². The Morgan fingerprint density at radius 2 is 0.900 bits per heavy atom. The number of hydrogen-bond acceptors (Lipinski definition) is 4. The summed E-state index contributed by atoms with van der Waals surface area (Å²) >= 11 is 0. The molecule has 0 amide bonds. The molecule has 0 saturated heterocycles. The van der Waals surface area contributed by atoms with Crippen LogP contribution in [0.15, 0.2) is 84.9 Å². The standard InChI is InChI=1S/C24H18N6/c1-3-9-17(10-4-1)15-29-23-21(25-27-29)19-13-7-8-14-20(19)22-24(23)30(28-26-22)16-18-11-5-2-6-12-18/h1-14H,15-16H2. The highest BCUT2D eigenvalue weighted by Crippen LogP contribution is 2.33. The van der Waals surface area contributed by atoms with Gasteiger partial charge in [-0.3, -0.25) is 0 Å². The van der Waals surface area contributed by atoms with Crippen molar-refractivity contribution in [1.29, 1.82) is 0 Å². The molecule has 2 aromatic heterocycles. The van der Waals surface area contributed by atoms with Crippen LogP contribution in [0, 0.1) is 0 Å². The Morgan fingerprint density at radius 3 is 1.33 bits per heavy atom. The first-order valence-electron chi connectivity index (χ1n) is 9.93. The van der Waals surface area contributed by atoms with E-state index in [0.29, 0.717) is 13.1 Å². The van der Waals surface area contributed by atoms with Gasteiger partial charge in [0.1, 0.15) is 22.1 Å². The molecule has 0 saturated carbocycles. The van der Waals surface area contributed by atoms with Gasteiger partial charge in [0.05, 0.1) is 13.1 Å². The number of hydrogen-bond donors (Lipinski definition) is 0. The van der Waals surface area contributed by atoms with Gasteiger partial charge >= 0.3 is 0 Å². The van der Waals surface area contributed by atoms with Gasteiger partial charge in [-0.1, -0.05) is 95.4 Å². The van der Waals surface area contributed by atoms with Crippen LogP contribution < -0.4 is 0 Å². The normalized spacial score (nSPS) is 11.6. The summed E-state index contributed by atoms with van der Waals surface area (Å²) in [7, 11) is 0. The zero-order valence-corrected chi connectivity index (χ0v) is 16.2. The molecule has 0 aliphatic rings. The molecule has 6 rings (SSSR count). The molecule has 0 spiro atoms. The topological polar surface area (TPSA) is 61.4 Å². The lowest BCUT2D eigenvalue weighted by molar-refractivity contribution is 0.656. The molecule has 0 radical (unpaired) electrons. The van der Waals surface area contributed by atoms with E-state index in [0.717, 1.165) is 32.8 Å². The van der Waals surface area contributed by atoms with Crippen molar-refractivity contribution in [3.8, 4) is 0 Å². The van der Waals surface area contributed by atoms with Gasteiger partial charge in [-0.05, 0) is 11.1 Å². The van der Waals surface area contributed by atoms with Crippen molar-refractivity contribution in [1.82, 2.24) is 30.0 Å². The number of benzene rings is 4. The maximum atomic E-state index is 4.56. The first-order valence-corrected chi connectivity index (χ1v) is 9.93. The third kappa shape index (κ3) is 2.65. The fourth-order valence-electron chi connectivity index (χ4n) is 4.09. The summed E-state index contributed by atoms with van der Waals surface area (Å²) in [5.41, 5.74) is 6.04. The summed E-state index contributed by atoms with van der Waals surface area (Å²) in [6.45, 7) is 1.28. The van der Waals surface area contributed by atoms with Gasteiger partial charge in [0.15, 0.2) is 0 Å². The first-order chi connectivity index (χ1) is 14.9. The molecule has 0 bridgehead atoms. The Morgan fingerprint density at radius 1 is 0.500 bits per heavy atom. The van der Waals surface area contributed by atoms with Crippen LogP contribution in [0.4, 0.5) is 0 Å². The van der Waals surface area contributed by atoms with E-state index in [2.05, 4.69) is 57.0 Å². The molecule has 6 aromatic rings. The van der Waals surface area contributed by atoms with Crippen molar-refractivity contribution in [3.05, 3.63) is 96.1 Å². The molecule has 0 atom stereocenters. The fraction of sp³-hybridized carbons (Fsp3) is 0.0833. The Labute approximate surface area is 172 Å². The Bertz CT molecular complexity index is 1370. The Balaban J connectivity index is 1.64. The third-order valence-corrected chi connectivity index (χ3v) is 5.48. The van der Waals surface area contributed by atoms with Crippen molar-refractivity contribution in [3.63, 3.8) is 0 Å². The van der Waals surface area contributed by atoms with Gasteiger partial charge in [-0.15, -0.1) is 10.2 Å². The third-order valence-electron chi connectivity index (χ3n) is 5.48. The van der Waals surface area contributed by atoms with Crippen LogP contribution in [0.5, 0.6) is 0 Å². The molecule has 2 heterocycles. The SMILES string of the molecule is c1ccc(Cn2nnc3c4ccccc4c4nnn(Cc5ccccc5)c4c32)cc1. The van der Waals surface area contributed by atoms with Crippen LogP contribution in [-0.2, 0) is 13.1 Å². The second-order valence-corrected chi connectivity index (χ2v) is 7.41. The summed E-state index contributed by atoms with van der Waals surface area (Å²) in [5.74, 6) is 0. The lowest BCUT2D eigenvalue weighted by atomic mass is 10.1. The van der Waals surface area contributed by atoms with Gasteiger partial charge in [0, 0.05) is 10.8 Å². The zero-order valence-electron chi connectivity index (χ0n) is 16.2. The van der Waals surface area contributed by atoms with Gasteiger partial charge in [0.2, 0.25) is 0 Å². The summed E-state index contributed by atoms with van der Waals surface area (Å²) in [4.78, 5) is 0. The van der Waals surface area contributed by atoms with Crippen molar-refractivity contribution in [2.75, 3.05) is 0 Å². The Kier molecular flexibility index (Phi) is 3.81.